The van der Waals surface area contributed by atoms with Crippen LogP contribution in [0.15, 0.2) is 60.9 Å². The fourth-order valence-electron chi connectivity index (χ4n) is 2.49. The Labute approximate surface area is 168 Å². The van der Waals surface area contributed by atoms with E-state index in [1.807, 2.05) is 48.5 Å². The van der Waals surface area contributed by atoms with Crippen molar-refractivity contribution in [3.8, 4) is 17.2 Å². The second kappa shape index (κ2) is 9.93. The number of anilines is 2. The van der Waals surface area contributed by atoms with Gasteiger partial charge in [-0.2, -0.15) is 0 Å². The van der Waals surface area contributed by atoms with Crippen LogP contribution < -0.4 is 24.8 Å². The number of aromatic nitrogens is 2. The molecule has 8 nitrogen and oxygen atoms in total. The Bertz CT molecular complexity index is 947. The average Bonchev–Trinajstić information content (AvgIpc) is 2.77. The van der Waals surface area contributed by atoms with E-state index >= 15 is 0 Å². The summed E-state index contributed by atoms with van der Waals surface area (Å²) in [6, 6.07) is 16.2. The molecule has 2 aromatic carbocycles. The van der Waals surface area contributed by atoms with Crippen LogP contribution >= 0.6 is 0 Å². The number of rotatable bonds is 9. The molecule has 1 aromatic heterocycles. The van der Waals surface area contributed by atoms with Gasteiger partial charge >= 0.3 is 0 Å². The van der Waals surface area contributed by atoms with Crippen molar-refractivity contribution in [2.24, 2.45) is 0 Å². The third kappa shape index (κ3) is 5.83. The van der Waals surface area contributed by atoms with Crippen LogP contribution in [0.5, 0.6) is 17.2 Å². The zero-order chi connectivity index (χ0) is 20.5. The first-order valence-corrected chi connectivity index (χ1v) is 8.96. The fraction of sp³-hybridized carbons (Fsp3) is 0.190. The Hall–Kier alpha value is -3.81. The van der Waals surface area contributed by atoms with Gasteiger partial charge in [-0.1, -0.05) is 6.07 Å². The number of hydrogen-bond acceptors (Lipinski definition) is 7. The maximum absolute atomic E-state index is 12.3. The molecule has 0 unspecified atom stereocenters. The molecule has 150 valence electrons. The SMILES string of the molecule is COc1ccc(OCCNC(=O)c2cc(Nc3cccc(OC)c3)ncn2)cc1. The Balaban J connectivity index is 1.50. The van der Waals surface area contributed by atoms with E-state index in [9.17, 15) is 4.79 Å². The highest BCUT2D eigenvalue weighted by Gasteiger charge is 2.09. The molecule has 0 aliphatic rings. The molecule has 0 fully saturated rings. The summed E-state index contributed by atoms with van der Waals surface area (Å²) in [5.41, 5.74) is 1.05. The summed E-state index contributed by atoms with van der Waals surface area (Å²) in [7, 11) is 3.21. The molecule has 0 atom stereocenters. The van der Waals surface area contributed by atoms with Gasteiger partial charge in [0.05, 0.1) is 20.8 Å². The van der Waals surface area contributed by atoms with Crippen LogP contribution in [0.3, 0.4) is 0 Å². The lowest BCUT2D eigenvalue weighted by molar-refractivity contribution is 0.0942. The number of carbonyl (C=O) groups is 1. The van der Waals surface area contributed by atoms with Crippen LogP contribution in [0, 0.1) is 0 Å². The molecule has 3 aromatic rings. The smallest absolute Gasteiger partial charge is 0.270 e. The quantitative estimate of drug-likeness (QED) is 0.539. The lowest BCUT2D eigenvalue weighted by Gasteiger charge is -2.09. The summed E-state index contributed by atoms with van der Waals surface area (Å²) in [6.07, 6.45) is 1.34. The third-order valence-corrected chi connectivity index (χ3v) is 3.96. The second-order valence-corrected chi connectivity index (χ2v) is 5.93. The van der Waals surface area contributed by atoms with Crippen molar-refractivity contribution >= 4 is 17.4 Å². The standard InChI is InChI=1S/C21H22N4O4/c1-27-16-6-8-17(9-7-16)29-11-10-22-21(26)19-13-20(24-14-23-19)25-15-4-3-5-18(12-15)28-2/h3-9,12-14H,10-11H2,1-2H3,(H,22,26)(H,23,24,25). The third-order valence-electron chi connectivity index (χ3n) is 3.96. The Morgan fingerprint density at radius 3 is 2.45 bits per heavy atom. The normalized spacial score (nSPS) is 10.1. The highest BCUT2D eigenvalue weighted by molar-refractivity contribution is 5.92. The van der Waals surface area contributed by atoms with Crippen molar-refractivity contribution in [2.45, 2.75) is 0 Å². The molecule has 0 aliphatic carbocycles. The van der Waals surface area contributed by atoms with Crippen molar-refractivity contribution in [3.63, 3.8) is 0 Å². The van der Waals surface area contributed by atoms with Gasteiger partial charge in [-0.15, -0.1) is 0 Å². The summed E-state index contributed by atoms with van der Waals surface area (Å²) in [5, 5.41) is 5.90. The molecule has 0 bridgehead atoms. The minimum absolute atomic E-state index is 0.259. The van der Waals surface area contributed by atoms with E-state index in [0.717, 1.165) is 17.2 Å². The first-order chi connectivity index (χ1) is 14.2. The molecule has 0 saturated carbocycles. The number of methoxy groups -OCH3 is 2. The molecule has 0 spiro atoms. The van der Waals surface area contributed by atoms with E-state index < -0.39 is 0 Å². The molecule has 0 aliphatic heterocycles. The first kappa shape index (κ1) is 19.9. The van der Waals surface area contributed by atoms with Crippen molar-refractivity contribution in [1.29, 1.82) is 0 Å². The molecule has 1 amide bonds. The maximum atomic E-state index is 12.3. The molecular weight excluding hydrogens is 372 g/mol. The van der Waals surface area contributed by atoms with Gasteiger partial charge < -0.3 is 24.8 Å². The number of nitrogens with zero attached hydrogens (tertiary/aromatic N) is 2. The molecule has 8 heteroatoms. The molecule has 2 N–H and O–H groups in total. The van der Waals surface area contributed by atoms with E-state index in [1.54, 1.807) is 20.3 Å². The predicted octanol–water partition coefficient (Wildman–Crippen LogP) is 3.05. The maximum Gasteiger partial charge on any atom is 0.270 e. The zero-order valence-corrected chi connectivity index (χ0v) is 16.2. The Morgan fingerprint density at radius 1 is 0.931 bits per heavy atom. The van der Waals surface area contributed by atoms with Crippen LogP contribution in [0.25, 0.3) is 0 Å². The number of ether oxygens (including phenoxy) is 3. The van der Waals surface area contributed by atoms with Crippen LogP contribution in [-0.2, 0) is 0 Å². The van der Waals surface area contributed by atoms with Crippen molar-refractivity contribution < 1.29 is 19.0 Å². The van der Waals surface area contributed by atoms with E-state index in [1.165, 1.54) is 6.33 Å². The van der Waals surface area contributed by atoms with Crippen molar-refractivity contribution in [1.82, 2.24) is 15.3 Å². The predicted molar refractivity (Wildman–Crippen MR) is 109 cm³/mol. The van der Waals surface area contributed by atoms with Gasteiger partial charge in [-0.25, -0.2) is 9.97 Å². The fourth-order valence-corrected chi connectivity index (χ4v) is 2.49. The van der Waals surface area contributed by atoms with Gasteiger partial charge in [-0.05, 0) is 36.4 Å². The first-order valence-electron chi connectivity index (χ1n) is 8.96. The van der Waals surface area contributed by atoms with Crippen LogP contribution in [0.2, 0.25) is 0 Å². The summed E-state index contributed by atoms with van der Waals surface area (Å²) < 4.78 is 15.9. The lowest BCUT2D eigenvalue weighted by Crippen LogP contribution is -2.28. The Morgan fingerprint density at radius 2 is 1.69 bits per heavy atom. The van der Waals surface area contributed by atoms with Crippen LogP contribution in [0.1, 0.15) is 10.5 Å². The molecule has 29 heavy (non-hydrogen) atoms. The minimum Gasteiger partial charge on any atom is -0.497 e. The highest BCUT2D eigenvalue weighted by Crippen LogP contribution is 2.20. The summed E-state index contributed by atoms with van der Waals surface area (Å²) in [5.74, 6) is 2.38. The van der Waals surface area contributed by atoms with E-state index in [4.69, 9.17) is 14.2 Å². The highest BCUT2D eigenvalue weighted by atomic mass is 16.5. The number of carbonyl (C=O) groups excluding carboxylic acids is 1. The monoisotopic (exact) mass is 394 g/mol. The molecule has 3 rings (SSSR count). The number of amides is 1. The molecular formula is C21H22N4O4. The molecule has 1 heterocycles. The van der Waals surface area contributed by atoms with E-state index in [2.05, 4.69) is 20.6 Å². The van der Waals surface area contributed by atoms with E-state index in [0.29, 0.717) is 24.7 Å². The van der Waals surface area contributed by atoms with Crippen molar-refractivity contribution in [3.05, 3.63) is 66.6 Å². The van der Waals surface area contributed by atoms with Crippen molar-refractivity contribution in [2.75, 3.05) is 32.7 Å². The van der Waals surface area contributed by atoms with Gasteiger partial charge in [0.1, 0.15) is 41.7 Å². The number of nitrogens with one attached hydrogen (secondary N) is 2. The van der Waals surface area contributed by atoms with Crippen LogP contribution in [-0.4, -0.2) is 43.2 Å². The number of hydrogen-bond donors (Lipinski definition) is 2. The van der Waals surface area contributed by atoms with Gasteiger partial charge in [0.2, 0.25) is 0 Å². The van der Waals surface area contributed by atoms with Crippen LogP contribution in [0.4, 0.5) is 11.5 Å². The van der Waals surface area contributed by atoms with Gasteiger partial charge in [-0.3, -0.25) is 4.79 Å². The Kier molecular flexibility index (Phi) is 6.83. The lowest BCUT2D eigenvalue weighted by atomic mass is 10.3. The average molecular weight is 394 g/mol. The summed E-state index contributed by atoms with van der Waals surface area (Å²) >= 11 is 0. The van der Waals surface area contributed by atoms with Gasteiger partial charge in [0.25, 0.3) is 5.91 Å². The largest absolute Gasteiger partial charge is 0.497 e. The topological polar surface area (TPSA) is 94.6 Å². The van der Waals surface area contributed by atoms with Gasteiger partial charge in [0.15, 0.2) is 0 Å². The van der Waals surface area contributed by atoms with Gasteiger partial charge in [0, 0.05) is 17.8 Å². The minimum atomic E-state index is -0.306. The second-order valence-electron chi connectivity index (χ2n) is 5.93. The molecule has 0 saturated heterocycles. The summed E-state index contributed by atoms with van der Waals surface area (Å²) in [6.45, 7) is 0.672. The zero-order valence-electron chi connectivity index (χ0n) is 16.2. The summed E-state index contributed by atoms with van der Waals surface area (Å²) in [4.78, 5) is 20.5. The van der Waals surface area contributed by atoms with E-state index in [-0.39, 0.29) is 11.6 Å². The number of benzene rings is 2. The molecule has 0 radical (unpaired) electrons.